The smallest absolute Gasteiger partial charge is 0.258 e. The Morgan fingerprint density at radius 2 is 1.78 bits per heavy atom. The highest BCUT2D eigenvalue weighted by Gasteiger charge is 2.25. The molecule has 0 unspecified atom stereocenters. The third-order valence-electron chi connectivity index (χ3n) is 4.85. The minimum absolute atomic E-state index is 0.0698. The summed E-state index contributed by atoms with van der Waals surface area (Å²) in [5.74, 6) is 0.0698. The maximum atomic E-state index is 13.1. The quantitative estimate of drug-likeness (QED) is 0.576. The maximum Gasteiger partial charge on any atom is 0.258 e. The second-order valence-corrected chi connectivity index (χ2v) is 7.99. The molecule has 0 aliphatic carbocycles. The molecule has 0 saturated carbocycles. The predicted octanol–water partition coefficient (Wildman–Crippen LogP) is 5.34. The van der Waals surface area contributed by atoms with Crippen LogP contribution in [0, 0.1) is 6.92 Å². The van der Waals surface area contributed by atoms with Gasteiger partial charge in [0.2, 0.25) is 0 Å². The molecule has 0 radical (unpaired) electrons. The monoisotopic (exact) mass is 374 g/mol. The highest BCUT2D eigenvalue weighted by molar-refractivity contribution is 8.00. The van der Waals surface area contributed by atoms with Crippen LogP contribution in [0.15, 0.2) is 77.7 Å². The van der Waals surface area contributed by atoms with E-state index < -0.39 is 0 Å². The van der Waals surface area contributed by atoms with Gasteiger partial charge in [-0.2, -0.15) is 0 Å². The fraction of sp³-hybridized carbons (Fsp3) is 0.174. The van der Waals surface area contributed by atoms with Crippen LogP contribution in [-0.2, 0) is 6.42 Å². The zero-order valence-corrected chi connectivity index (χ0v) is 16.4. The van der Waals surface area contributed by atoms with Gasteiger partial charge in [-0.1, -0.05) is 42.0 Å². The van der Waals surface area contributed by atoms with Gasteiger partial charge in [0.15, 0.2) is 0 Å². The second kappa shape index (κ2) is 7.49. The predicted molar refractivity (Wildman–Crippen MR) is 114 cm³/mol. The third kappa shape index (κ3) is 3.71. The minimum atomic E-state index is 0.0698. The van der Waals surface area contributed by atoms with E-state index in [1.54, 1.807) is 11.9 Å². The molecule has 0 spiro atoms. The van der Waals surface area contributed by atoms with Crippen LogP contribution in [0.5, 0.6) is 0 Å². The summed E-state index contributed by atoms with van der Waals surface area (Å²) in [5, 5.41) is 0. The van der Waals surface area contributed by atoms with Gasteiger partial charge in [-0.05, 0) is 67.3 Å². The molecule has 27 heavy (non-hydrogen) atoms. The number of benzene rings is 3. The van der Waals surface area contributed by atoms with E-state index >= 15 is 0 Å². The van der Waals surface area contributed by atoms with Crippen molar-refractivity contribution in [3.05, 3.63) is 89.5 Å². The zero-order valence-electron chi connectivity index (χ0n) is 15.6. The van der Waals surface area contributed by atoms with Gasteiger partial charge >= 0.3 is 0 Å². The fourth-order valence-corrected chi connectivity index (χ4v) is 4.22. The van der Waals surface area contributed by atoms with Crippen LogP contribution >= 0.6 is 11.9 Å². The molecule has 1 aliphatic heterocycles. The van der Waals surface area contributed by atoms with Crippen LogP contribution in [0.1, 0.15) is 21.5 Å². The molecule has 4 heteroatoms. The van der Waals surface area contributed by atoms with Crippen LogP contribution in [0.3, 0.4) is 0 Å². The first kappa shape index (κ1) is 17.7. The van der Waals surface area contributed by atoms with Crippen LogP contribution in [0.25, 0.3) is 0 Å². The fourth-order valence-electron chi connectivity index (χ4n) is 3.36. The molecule has 1 aliphatic rings. The molecule has 0 N–H and O–H groups in total. The Hall–Kier alpha value is -2.72. The molecule has 136 valence electrons. The van der Waals surface area contributed by atoms with Crippen molar-refractivity contribution >= 4 is 29.2 Å². The minimum Gasteiger partial charge on any atom is -0.315 e. The van der Waals surface area contributed by atoms with Gasteiger partial charge in [0.25, 0.3) is 5.91 Å². The van der Waals surface area contributed by atoms with Gasteiger partial charge in [-0.25, -0.2) is 0 Å². The van der Waals surface area contributed by atoms with E-state index in [-0.39, 0.29) is 5.91 Å². The summed E-state index contributed by atoms with van der Waals surface area (Å²) in [6.07, 6.45) is 0.923. The normalized spacial score (nSPS) is 12.7. The molecule has 3 nitrogen and oxygen atoms in total. The Labute approximate surface area is 164 Å². The number of hydrogen-bond acceptors (Lipinski definition) is 3. The zero-order chi connectivity index (χ0) is 18.8. The lowest BCUT2D eigenvalue weighted by molar-refractivity contribution is 0.0989. The first-order valence-electron chi connectivity index (χ1n) is 9.10. The summed E-state index contributed by atoms with van der Waals surface area (Å²) >= 11 is 1.62. The number of amides is 1. The number of fused-ring (bicyclic) bond motifs is 1. The van der Waals surface area contributed by atoms with Crippen LogP contribution in [-0.4, -0.2) is 19.5 Å². The van der Waals surface area contributed by atoms with E-state index in [0.717, 1.165) is 34.8 Å². The van der Waals surface area contributed by atoms with Crippen molar-refractivity contribution in [1.29, 1.82) is 0 Å². The van der Waals surface area contributed by atoms with Crippen molar-refractivity contribution in [2.45, 2.75) is 18.2 Å². The van der Waals surface area contributed by atoms with Gasteiger partial charge < -0.3 is 9.21 Å². The highest BCUT2D eigenvalue weighted by atomic mass is 32.2. The molecule has 1 amide bonds. The van der Waals surface area contributed by atoms with E-state index in [1.165, 1.54) is 11.1 Å². The van der Waals surface area contributed by atoms with E-state index in [1.807, 2.05) is 54.4 Å². The Morgan fingerprint density at radius 3 is 2.59 bits per heavy atom. The molecule has 0 aromatic heterocycles. The number of carbonyl (C=O) groups is 1. The molecule has 3 aromatic carbocycles. The Morgan fingerprint density at radius 1 is 1.00 bits per heavy atom. The lowest BCUT2D eigenvalue weighted by atomic mass is 10.1. The summed E-state index contributed by atoms with van der Waals surface area (Å²) in [6.45, 7) is 2.83. The SMILES string of the molecule is Cc1ccc(N(C)Sc2cccc(C(=O)N3CCc4ccccc43)c2)cc1. The van der Waals surface area contributed by atoms with E-state index in [0.29, 0.717) is 0 Å². The average molecular weight is 375 g/mol. The van der Waals surface area contributed by atoms with Crippen LogP contribution < -0.4 is 9.21 Å². The Bertz CT molecular complexity index is 968. The summed E-state index contributed by atoms with van der Waals surface area (Å²) < 4.78 is 2.12. The van der Waals surface area contributed by atoms with Crippen LogP contribution in [0.2, 0.25) is 0 Å². The number of para-hydroxylation sites is 1. The van der Waals surface area contributed by atoms with Gasteiger partial charge in [0, 0.05) is 35.4 Å². The third-order valence-corrected chi connectivity index (χ3v) is 5.80. The lowest BCUT2D eigenvalue weighted by Gasteiger charge is -2.20. The molecule has 1 heterocycles. The van der Waals surface area contributed by atoms with Gasteiger partial charge in [-0.15, -0.1) is 0 Å². The largest absolute Gasteiger partial charge is 0.315 e. The molecule has 0 saturated heterocycles. The average Bonchev–Trinajstić information content (AvgIpc) is 3.12. The second-order valence-electron chi connectivity index (χ2n) is 6.79. The molecule has 0 fully saturated rings. The molecule has 4 rings (SSSR count). The standard InChI is InChI=1S/C23H22N2OS/c1-17-10-12-20(13-11-17)24(2)27-21-8-5-7-19(16-21)23(26)25-15-14-18-6-3-4-9-22(18)25/h3-13,16H,14-15H2,1-2H3. The van der Waals surface area contributed by atoms with Crippen molar-refractivity contribution in [2.24, 2.45) is 0 Å². The topological polar surface area (TPSA) is 23.6 Å². The molecule has 3 aromatic rings. The lowest BCUT2D eigenvalue weighted by Crippen LogP contribution is -2.28. The molecular formula is C23H22N2OS. The molecule has 0 bridgehead atoms. The van der Waals surface area contributed by atoms with E-state index in [2.05, 4.69) is 41.6 Å². The van der Waals surface area contributed by atoms with Gasteiger partial charge in [0.05, 0.1) is 0 Å². The van der Waals surface area contributed by atoms with Gasteiger partial charge in [0.1, 0.15) is 0 Å². The van der Waals surface area contributed by atoms with Crippen molar-refractivity contribution < 1.29 is 4.79 Å². The molecule has 0 atom stereocenters. The number of nitrogens with zero attached hydrogens (tertiary/aromatic N) is 2. The number of aryl methyl sites for hydroxylation is 1. The Kier molecular flexibility index (Phi) is 4.90. The van der Waals surface area contributed by atoms with Crippen molar-refractivity contribution in [3.63, 3.8) is 0 Å². The number of anilines is 2. The molecular weight excluding hydrogens is 352 g/mol. The summed E-state index contributed by atoms with van der Waals surface area (Å²) in [4.78, 5) is 16.0. The van der Waals surface area contributed by atoms with Gasteiger partial charge in [-0.3, -0.25) is 4.79 Å². The van der Waals surface area contributed by atoms with E-state index in [4.69, 9.17) is 0 Å². The highest BCUT2D eigenvalue weighted by Crippen LogP contribution is 2.31. The number of rotatable bonds is 4. The summed E-state index contributed by atoms with van der Waals surface area (Å²) in [7, 11) is 2.04. The Balaban J connectivity index is 1.52. The van der Waals surface area contributed by atoms with Crippen molar-refractivity contribution in [3.8, 4) is 0 Å². The maximum absolute atomic E-state index is 13.1. The first-order valence-corrected chi connectivity index (χ1v) is 9.87. The van der Waals surface area contributed by atoms with E-state index in [9.17, 15) is 4.79 Å². The first-order chi connectivity index (χ1) is 13.1. The summed E-state index contributed by atoms with van der Waals surface area (Å²) in [5.41, 5.74) is 5.40. The van der Waals surface area contributed by atoms with Crippen LogP contribution in [0.4, 0.5) is 11.4 Å². The van der Waals surface area contributed by atoms with Crippen molar-refractivity contribution in [1.82, 2.24) is 0 Å². The number of carbonyl (C=O) groups excluding carboxylic acids is 1. The van der Waals surface area contributed by atoms with Crippen molar-refractivity contribution in [2.75, 3.05) is 22.8 Å². The summed E-state index contributed by atoms with van der Waals surface area (Å²) in [6, 6.07) is 24.5. The number of hydrogen-bond donors (Lipinski definition) is 0.